The smallest absolute Gasteiger partial charge is 0.248 e. The van der Waals surface area contributed by atoms with Crippen LogP contribution in [0.25, 0.3) is 16.1 Å². The average Bonchev–Trinajstić information content (AvgIpc) is 4.28. The van der Waals surface area contributed by atoms with Gasteiger partial charge in [0, 0.05) is 53.5 Å². The molecule has 3 aliphatic rings. The van der Waals surface area contributed by atoms with E-state index in [2.05, 4.69) is 47.1 Å². The van der Waals surface area contributed by atoms with Crippen molar-refractivity contribution in [2.45, 2.75) is 110 Å². The lowest BCUT2D eigenvalue weighted by molar-refractivity contribution is -0.143. The highest BCUT2D eigenvalue weighted by molar-refractivity contribution is 7.15. The Morgan fingerprint density at radius 1 is 0.859 bits per heavy atom. The molecule has 7 atom stereocenters. The third kappa shape index (κ3) is 12.2. The topological polar surface area (TPSA) is 269 Å². The molecule has 6 heterocycles. The molecule has 3 aliphatic heterocycles. The molecule has 408 valence electrons. The average molecular weight is 1100 g/mol. The van der Waals surface area contributed by atoms with Crippen LogP contribution in [0.2, 0.25) is 5.02 Å². The standard InChI is InChI=1S/C55H62ClN13O8S/c1-29(2)48-54(76)67-27-40(70)23-44(67)53(75)61-42(22-34-12-14-36(15-13-34)35-10-8-7-9-11-35)52(74)59-31(4)50(72)62-43(51(73)57-20-21-77-28-39-26-68(48)66-64-39)25-58-45(71)24-41-49-65-63-33(6)69(49)55-46(30(3)32(5)78-55)47(60-41)37-16-18-38(56)19-17-37/h7-19,26,29,31,40-44,48,70H,20-25,27-28H2,1-6H3,(H,57,73)(H,58,71)(H,59,74)(H,61,75)(H,62,72)/t31-,40-,41+,42-,43-,44+,48+/m1/s1. The monoisotopic (exact) mass is 1100 g/mol. The van der Waals surface area contributed by atoms with Gasteiger partial charge in [-0.1, -0.05) is 97.4 Å². The van der Waals surface area contributed by atoms with Crippen LogP contribution in [-0.2, 0) is 46.5 Å². The fraction of sp³-hybridized carbons (Fsp3) is 0.400. The van der Waals surface area contributed by atoms with Crippen LogP contribution in [0, 0.1) is 26.7 Å². The van der Waals surface area contributed by atoms with Crippen LogP contribution in [0.4, 0.5) is 0 Å². The molecule has 21 nitrogen and oxygen atoms in total. The van der Waals surface area contributed by atoms with E-state index >= 15 is 0 Å². The van der Waals surface area contributed by atoms with Crippen LogP contribution < -0.4 is 26.6 Å². The van der Waals surface area contributed by atoms with E-state index in [9.17, 15) is 33.9 Å². The summed E-state index contributed by atoms with van der Waals surface area (Å²) in [5.41, 5.74) is 6.33. The molecule has 2 bridgehead atoms. The van der Waals surface area contributed by atoms with Crippen molar-refractivity contribution in [1.29, 1.82) is 0 Å². The minimum atomic E-state index is -1.35. The molecule has 3 aromatic heterocycles. The summed E-state index contributed by atoms with van der Waals surface area (Å²) in [5.74, 6) is -3.09. The van der Waals surface area contributed by atoms with Crippen LogP contribution in [0.5, 0.6) is 0 Å². The van der Waals surface area contributed by atoms with Gasteiger partial charge in [0.15, 0.2) is 5.82 Å². The zero-order valence-electron chi connectivity index (χ0n) is 44.0. The number of aliphatic hydroxyl groups excluding tert-OH is 1. The molecule has 3 aromatic carbocycles. The Balaban J connectivity index is 0.972. The van der Waals surface area contributed by atoms with Crippen molar-refractivity contribution < 1.29 is 38.6 Å². The van der Waals surface area contributed by atoms with E-state index in [1.165, 1.54) is 16.5 Å². The predicted molar refractivity (Wildman–Crippen MR) is 291 cm³/mol. The molecule has 0 spiro atoms. The van der Waals surface area contributed by atoms with E-state index < -0.39 is 77.8 Å². The molecule has 1 saturated heterocycles. The molecule has 0 aliphatic carbocycles. The zero-order chi connectivity index (χ0) is 55.4. The first-order valence-electron chi connectivity index (χ1n) is 25.9. The molecule has 0 saturated carbocycles. The lowest BCUT2D eigenvalue weighted by atomic mass is 9.99. The largest absolute Gasteiger partial charge is 0.391 e. The minimum Gasteiger partial charge on any atom is -0.391 e. The van der Waals surface area contributed by atoms with E-state index in [4.69, 9.17) is 21.3 Å². The maximum Gasteiger partial charge on any atom is 0.248 e. The highest BCUT2D eigenvalue weighted by Gasteiger charge is 2.44. The van der Waals surface area contributed by atoms with E-state index in [0.29, 0.717) is 33.6 Å². The Hall–Kier alpha value is -7.66. The summed E-state index contributed by atoms with van der Waals surface area (Å²) in [6.45, 7) is 10.4. The minimum absolute atomic E-state index is 0.00365. The molecule has 23 heteroatoms. The lowest BCUT2D eigenvalue weighted by Gasteiger charge is -2.30. The van der Waals surface area contributed by atoms with Crippen molar-refractivity contribution in [3.8, 4) is 16.1 Å². The number of nitrogens with one attached hydrogen (secondary N) is 5. The highest BCUT2D eigenvalue weighted by Crippen LogP contribution is 2.40. The second-order valence-electron chi connectivity index (χ2n) is 20.2. The van der Waals surface area contributed by atoms with Gasteiger partial charge in [-0.15, -0.1) is 26.6 Å². The van der Waals surface area contributed by atoms with Gasteiger partial charge in [-0.25, -0.2) is 4.68 Å². The first kappa shape index (κ1) is 55.1. The van der Waals surface area contributed by atoms with E-state index in [0.717, 1.165) is 37.7 Å². The van der Waals surface area contributed by atoms with Crippen molar-refractivity contribution >= 4 is 64.1 Å². The van der Waals surface area contributed by atoms with Gasteiger partial charge < -0.3 is 41.3 Å². The van der Waals surface area contributed by atoms with Crippen molar-refractivity contribution in [3.63, 3.8) is 0 Å². The predicted octanol–water partition coefficient (Wildman–Crippen LogP) is 3.79. The lowest BCUT2D eigenvalue weighted by Crippen LogP contribution is -2.59. The summed E-state index contributed by atoms with van der Waals surface area (Å²) in [5, 5.41) is 43.5. The van der Waals surface area contributed by atoms with Gasteiger partial charge in [0.25, 0.3) is 0 Å². The van der Waals surface area contributed by atoms with Crippen LogP contribution in [0.1, 0.15) is 90.2 Å². The zero-order valence-corrected chi connectivity index (χ0v) is 45.6. The second-order valence-corrected chi connectivity index (χ2v) is 21.8. The fourth-order valence-electron chi connectivity index (χ4n) is 9.90. The normalized spacial score (nSPS) is 22.6. The number of aryl methyl sites for hydroxylation is 2. The van der Waals surface area contributed by atoms with E-state index in [1.807, 2.05) is 106 Å². The van der Waals surface area contributed by atoms with Gasteiger partial charge in [-0.3, -0.25) is 38.3 Å². The molecular formula is C55H62ClN13O8S. The third-order valence-electron chi connectivity index (χ3n) is 14.1. The third-order valence-corrected chi connectivity index (χ3v) is 15.6. The Bertz CT molecular complexity index is 3230. The number of hydrogen-bond donors (Lipinski definition) is 6. The number of aromatic nitrogens is 6. The first-order valence-corrected chi connectivity index (χ1v) is 27.1. The van der Waals surface area contributed by atoms with Crippen LogP contribution in [0.15, 0.2) is 90.1 Å². The molecular weight excluding hydrogens is 1040 g/mol. The van der Waals surface area contributed by atoms with Crippen molar-refractivity contribution in [2.24, 2.45) is 10.9 Å². The number of aliphatic hydroxyl groups is 1. The van der Waals surface area contributed by atoms with Crippen LogP contribution in [0.3, 0.4) is 0 Å². The summed E-state index contributed by atoms with van der Waals surface area (Å²) in [7, 11) is 0. The number of nitrogens with zero attached hydrogens (tertiary/aromatic N) is 8. The van der Waals surface area contributed by atoms with Gasteiger partial charge in [0.1, 0.15) is 52.8 Å². The van der Waals surface area contributed by atoms with Gasteiger partial charge in [-0.2, -0.15) is 0 Å². The first-order chi connectivity index (χ1) is 37.4. The quantitative estimate of drug-likeness (QED) is 0.121. The van der Waals surface area contributed by atoms with Crippen molar-refractivity contribution in [3.05, 3.63) is 135 Å². The Kier molecular flexibility index (Phi) is 16.9. The number of halogens is 1. The van der Waals surface area contributed by atoms with Gasteiger partial charge in [-0.05, 0) is 68.0 Å². The number of carbonyl (C=O) groups is 6. The molecule has 1 fully saturated rings. The SMILES string of the molecule is Cc1sc2c(c1C)C(c1ccc(Cl)cc1)=N[C@@H](CC(=O)NC[C@H]1NC(=O)[C@@H](C)NC(=O)[C@@H](Cc3ccc(-c4ccccc4)cc3)NC(=O)[C@@H]3C[C@@H](O)CN3C(=O)[C@H](C(C)C)n3cc(nn3)COCCNC1=O)c1nnc(C)n1-2. The van der Waals surface area contributed by atoms with Gasteiger partial charge in [0.2, 0.25) is 35.4 Å². The van der Waals surface area contributed by atoms with Gasteiger partial charge in [0.05, 0.1) is 37.6 Å². The second kappa shape index (κ2) is 23.9. The molecule has 6 aromatic rings. The Morgan fingerprint density at radius 3 is 2.29 bits per heavy atom. The van der Waals surface area contributed by atoms with E-state index in [1.54, 1.807) is 29.7 Å². The summed E-state index contributed by atoms with van der Waals surface area (Å²) >= 11 is 7.88. The summed E-state index contributed by atoms with van der Waals surface area (Å²) < 4.78 is 9.16. The maximum absolute atomic E-state index is 14.4. The highest BCUT2D eigenvalue weighted by atomic mass is 35.5. The number of thiophene rings is 1. The number of rotatable bonds is 9. The number of fused-ring (bicyclic) bond motifs is 6. The summed E-state index contributed by atoms with van der Waals surface area (Å²) in [6, 6.07) is 17.7. The van der Waals surface area contributed by atoms with Crippen molar-refractivity contribution in [1.82, 2.24) is 61.2 Å². The van der Waals surface area contributed by atoms with Crippen LogP contribution >= 0.6 is 22.9 Å². The fourth-order valence-corrected chi connectivity index (χ4v) is 11.2. The summed E-state index contributed by atoms with van der Waals surface area (Å²) in [4.78, 5) is 93.1. The maximum atomic E-state index is 14.4. The number of ether oxygens (including phenoxy) is 1. The van der Waals surface area contributed by atoms with E-state index in [-0.39, 0.29) is 58.0 Å². The number of amides is 6. The number of benzene rings is 3. The molecule has 6 N–H and O–H groups in total. The Labute approximate surface area is 459 Å². The molecule has 6 amide bonds. The molecule has 9 rings (SSSR count). The summed E-state index contributed by atoms with van der Waals surface area (Å²) in [6.07, 6.45) is 0.219. The Morgan fingerprint density at radius 2 is 1.56 bits per heavy atom. The molecule has 78 heavy (non-hydrogen) atoms. The van der Waals surface area contributed by atoms with Crippen LogP contribution in [-0.4, -0.2) is 137 Å². The number of carbonyl (C=O) groups excluding carboxylic acids is 6. The molecule has 0 radical (unpaired) electrons. The molecule has 0 unspecified atom stereocenters. The van der Waals surface area contributed by atoms with Gasteiger partial charge >= 0.3 is 0 Å². The van der Waals surface area contributed by atoms with Crippen molar-refractivity contribution in [2.75, 3.05) is 26.2 Å². The number of aliphatic imine (C=N–C) groups is 1. The number of hydrogen-bond acceptors (Lipinski definition) is 14.